The molecular formula is C13H20BrFN2S. The molecule has 5 heteroatoms. The van der Waals surface area contributed by atoms with Crippen LogP contribution in [0.5, 0.6) is 0 Å². The standard InChI is InChI=1S/C13H20BrFN2S/c1-9(8-18-3)17(2)13(7-16)11-5-4-10(15)6-12(11)14/h4-6,9,13H,7-8,16H2,1-3H3. The fourth-order valence-electron chi connectivity index (χ4n) is 1.95. The van der Waals surface area contributed by atoms with Crippen molar-refractivity contribution in [3.63, 3.8) is 0 Å². The molecule has 102 valence electrons. The van der Waals surface area contributed by atoms with Gasteiger partial charge in [0.1, 0.15) is 5.82 Å². The summed E-state index contributed by atoms with van der Waals surface area (Å²) in [6.07, 6.45) is 2.09. The fraction of sp³-hybridized carbons (Fsp3) is 0.538. The molecule has 2 nitrogen and oxygen atoms in total. The lowest BCUT2D eigenvalue weighted by Crippen LogP contribution is -2.38. The lowest BCUT2D eigenvalue weighted by atomic mass is 10.0. The molecule has 18 heavy (non-hydrogen) atoms. The number of benzene rings is 1. The first-order valence-corrected chi connectivity index (χ1v) is 8.05. The summed E-state index contributed by atoms with van der Waals surface area (Å²) in [6, 6.07) is 5.30. The zero-order chi connectivity index (χ0) is 13.7. The Morgan fingerprint density at radius 1 is 1.50 bits per heavy atom. The molecular weight excluding hydrogens is 315 g/mol. The average molecular weight is 335 g/mol. The van der Waals surface area contributed by atoms with E-state index in [2.05, 4.69) is 41.1 Å². The Morgan fingerprint density at radius 2 is 2.17 bits per heavy atom. The van der Waals surface area contributed by atoms with Crippen LogP contribution in [0.2, 0.25) is 0 Å². The minimum absolute atomic E-state index is 0.0992. The number of hydrogen-bond acceptors (Lipinski definition) is 3. The van der Waals surface area contributed by atoms with Crippen LogP contribution in [0, 0.1) is 5.82 Å². The molecule has 2 N–H and O–H groups in total. The van der Waals surface area contributed by atoms with E-state index in [1.807, 2.05) is 11.8 Å². The van der Waals surface area contributed by atoms with Gasteiger partial charge >= 0.3 is 0 Å². The molecule has 2 atom stereocenters. The van der Waals surface area contributed by atoms with Crippen molar-refractivity contribution in [2.24, 2.45) is 5.73 Å². The maximum atomic E-state index is 13.1. The van der Waals surface area contributed by atoms with Crippen LogP contribution < -0.4 is 5.73 Å². The summed E-state index contributed by atoms with van der Waals surface area (Å²) in [5, 5.41) is 0. The number of nitrogens with two attached hydrogens (primary N) is 1. The van der Waals surface area contributed by atoms with E-state index in [0.29, 0.717) is 12.6 Å². The van der Waals surface area contributed by atoms with Crippen molar-refractivity contribution in [2.45, 2.75) is 19.0 Å². The van der Waals surface area contributed by atoms with Gasteiger partial charge in [-0.25, -0.2) is 4.39 Å². The number of likely N-dealkylation sites (N-methyl/N-ethyl adjacent to an activating group) is 1. The summed E-state index contributed by atoms with van der Waals surface area (Å²) in [5.74, 6) is 0.812. The van der Waals surface area contributed by atoms with Crippen LogP contribution >= 0.6 is 27.7 Å². The molecule has 0 radical (unpaired) electrons. The Bertz CT molecular complexity index is 389. The zero-order valence-corrected chi connectivity index (χ0v) is 13.4. The maximum absolute atomic E-state index is 13.1. The molecule has 0 fully saturated rings. The molecule has 1 aromatic rings. The Morgan fingerprint density at radius 3 is 2.67 bits per heavy atom. The summed E-state index contributed by atoms with van der Waals surface area (Å²) < 4.78 is 13.9. The minimum Gasteiger partial charge on any atom is -0.329 e. The lowest BCUT2D eigenvalue weighted by Gasteiger charge is -2.33. The van der Waals surface area contributed by atoms with Gasteiger partial charge in [0.25, 0.3) is 0 Å². The van der Waals surface area contributed by atoms with E-state index >= 15 is 0 Å². The monoisotopic (exact) mass is 334 g/mol. The predicted molar refractivity (Wildman–Crippen MR) is 81.5 cm³/mol. The molecule has 0 aliphatic heterocycles. The molecule has 1 aromatic carbocycles. The lowest BCUT2D eigenvalue weighted by molar-refractivity contribution is 0.203. The molecule has 0 saturated carbocycles. The van der Waals surface area contributed by atoms with E-state index in [9.17, 15) is 4.39 Å². The molecule has 0 aromatic heterocycles. The smallest absolute Gasteiger partial charge is 0.124 e. The van der Waals surface area contributed by atoms with Gasteiger partial charge < -0.3 is 5.73 Å². The van der Waals surface area contributed by atoms with Crippen molar-refractivity contribution in [3.8, 4) is 0 Å². The molecule has 2 unspecified atom stereocenters. The van der Waals surface area contributed by atoms with Crippen molar-refractivity contribution < 1.29 is 4.39 Å². The van der Waals surface area contributed by atoms with Crippen molar-refractivity contribution in [3.05, 3.63) is 34.1 Å². The topological polar surface area (TPSA) is 29.3 Å². The molecule has 0 amide bonds. The highest BCUT2D eigenvalue weighted by atomic mass is 79.9. The summed E-state index contributed by atoms with van der Waals surface area (Å²) in [6.45, 7) is 2.69. The molecule has 0 saturated heterocycles. The fourth-order valence-corrected chi connectivity index (χ4v) is 3.28. The van der Waals surface area contributed by atoms with Gasteiger partial charge in [0.15, 0.2) is 0 Å². The van der Waals surface area contributed by atoms with Crippen LogP contribution in [0.15, 0.2) is 22.7 Å². The Hall–Kier alpha value is -0.100. The minimum atomic E-state index is -0.235. The van der Waals surface area contributed by atoms with Crippen molar-refractivity contribution in [1.29, 1.82) is 0 Å². The third kappa shape index (κ3) is 3.95. The van der Waals surface area contributed by atoms with E-state index in [1.54, 1.807) is 6.07 Å². The SMILES string of the molecule is CSCC(C)N(C)C(CN)c1ccc(F)cc1Br. The van der Waals surface area contributed by atoms with Crippen molar-refractivity contribution in [2.75, 3.05) is 25.6 Å². The molecule has 0 aliphatic carbocycles. The van der Waals surface area contributed by atoms with Gasteiger partial charge in [0, 0.05) is 28.9 Å². The van der Waals surface area contributed by atoms with Crippen LogP contribution in [0.3, 0.4) is 0 Å². The highest BCUT2D eigenvalue weighted by Crippen LogP contribution is 2.28. The number of halogens is 2. The first kappa shape index (κ1) is 16.0. The molecule has 0 heterocycles. The molecule has 0 aliphatic rings. The highest BCUT2D eigenvalue weighted by molar-refractivity contribution is 9.10. The number of rotatable bonds is 6. The molecule has 0 bridgehead atoms. The predicted octanol–water partition coefficient (Wildman–Crippen LogP) is 3.27. The average Bonchev–Trinajstić information content (AvgIpc) is 2.32. The first-order valence-electron chi connectivity index (χ1n) is 5.87. The first-order chi connectivity index (χ1) is 8.51. The second kappa shape index (κ2) is 7.48. The van der Waals surface area contributed by atoms with Gasteiger partial charge in [-0.05, 0) is 37.9 Å². The second-order valence-electron chi connectivity index (χ2n) is 4.39. The van der Waals surface area contributed by atoms with Gasteiger partial charge in [0.05, 0.1) is 0 Å². The quantitative estimate of drug-likeness (QED) is 0.865. The summed E-state index contributed by atoms with van der Waals surface area (Å²) in [5.41, 5.74) is 6.92. The van der Waals surface area contributed by atoms with Crippen LogP contribution in [0.4, 0.5) is 4.39 Å². The third-order valence-corrected chi connectivity index (χ3v) is 4.64. The van der Waals surface area contributed by atoms with Crippen molar-refractivity contribution >= 4 is 27.7 Å². The number of nitrogens with zero attached hydrogens (tertiary/aromatic N) is 1. The summed E-state index contributed by atoms with van der Waals surface area (Å²) in [7, 11) is 2.06. The van der Waals surface area contributed by atoms with Crippen LogP contribution in [-0.4, -0.2) is 36.5 Å². The molecule has 0 spiro atoms. The van der Waals surface area contributed by atoms with E-state index in [1.165, 1.54) is 12.1 Å². The zero-order valence-electron chi connectivity index (χ0n) is 11.0. The second-order valence-corrected chi connectivity index (χ2v) is 6.15. The van der Waals surface area contributed by atoms with Crippen LogP contribution in [0.25, 0.3) is 0 Å². The normalized spacial score (nSPS) is 14.8. The Balaban J connectivity index is 2.94. The molecule has 1 rings (SSSR count). The summed E-state index contributed by atoms with van der Waals surface area (Å²) in [4.78, 5) is 2.24. The largest absolute Gasteiger partial charge is 0.329 e. The van der Waals surface area contributed by atoms with Gasteiger partial charge in [-0.2, -0.15) is 11.8 Å². The van der Waals surface area contributed by atoms with Gasteiger partial charge in [-0.15, -0.1) is 0 Å². The van der Waals surface area contributed by atoms with E-state index in [4.69, 9.17) is 5.73 Å². The third-order valence-electron chi connectivity index (χ3n) is 3.14. The van der Waals surface area contributed by atoms with Gasteiger partial charge in [-0.1, -0.05) is 22.0 Å². The summed E-state index contributed by atoms with van der Waals surface area (Å²) >= 11 is 5.23. The maximum Gasteiger partial charge on any atom is 0.124 e. The van der Waals surface area contributed by atoms with Crippen LogP contribution in [0.1, 0.15) is 18.5 Å². The number of thioether (sulfide) groups is 1. The Labute approximate surface area is 121 Å². The van der Waals surface area contributed by atoms with E-state index < -0.39 is 0 Å². The van der Waals surface area contributed by atoms with Crippen LogP contribution in [-0.2, 0) is 0 Å². The number of hydrogen-bond donors (Lipinski definition) is 1. The Kier molecular flexibility index (Phi) is 6.63. The van der Waals surface area contributed by atoms with Crippen molar-refractivity contribution in [1.82, 2.24) is 4.90 Å². The van der Waals surface area contributed by atoms with E-state index in [-0.39, 0.29) is 11.9 Å². The van der Waals surface area contributed by atoms with E-state index in [0.717, 1.165) is 15.8 Å². The van der Waals surface area contributed by atoms with Gasteiger partial charge in [-0.3, -0.25) is 4.90 Å². The van der Waals surface area contributed by atoms with Gasteiger partial charge in [0.2, 0.25) is 0 Å². The highest BCUT2D eigenvalue weighted by Gasteiger charge is 2.22.